The number of hydrogen-bond donors (Lipinski definition) is 0. The summed E-state index contributed by atoms with van der Waals surface area (Å²) in [5.74, 6) is -0.794. The van der Waals surface area contributed by atoms with Crippen molar-refractivity contribution in [2.75, 3.05) is 18.5 Å². The molecule has 0 atom stereocenters. The van der Waals surface area contributed by atoms with E-state index in [1.165, 1.54) is 12.5 Å². The van der Waals surface area contributed by atoms with Crippen molar-refractivity contribution in [1.29, 1.82) is 5.26 Å². The van der Waals surface area contributed by atoms with Gasteiger partial charge in [-0.2, -0.15) is 36.7 Å². The van der Waals surface area contributed by atoms with Crippen LogP contribution in [0.3, 0.4) is 0 Å². The van der Waals surface area contributed by atoms with Gasteiger partial charge in [0, 0.05) is 13.6 Å². The van der Waals surface area contributed by atoms with Gasteiger partial charge < -0.3 is 4.90 Å². The number of benzene rings is 1. The lowest BCUT2D eigenvalue weighted by molar-refractivity contribution is -0.137. The largest absolute Gasteiger partial charge is 0.502 e. The first-order valence-electron chi connectivity index (χ1n) is 7.81. The van der Waals surface area contributed by atoms with Gasteiger partial charge in [0.2, 0.25) is 0 Å². The fourth-order valence-electron chi connectivity index (χ4n) is 2.53. The van der Waals surface area contributed by atoms with E-state index in [2.05, 4.69) is 12.0 Å². The topological polar surface area (TPSA) is 79.0 Å². The van der Waals surface area contributed by atoms with E-state index in [1.54, 1.807) is 0 Å². The van der Waals surface area contributed by atoms with Crippen molar-refractivity contribution < 1.29 is 34.8 Å². The van der Waals surface area contributed by atoms with E-state index >= 15 is 0 Å². The van der Waals surface area contributed by atoms with Crippen LogP contribution in [-0.4, -0.2) is 37.3 Å². The zero-order chi connectivity index (χ0) is 23.9. The average molecular weight is 507 g/mol. The summed E-state index contributed by atoms with van der Waals surface area (Å²) in [4.78, 5) is -0.567. The summed E-state index contributed by atoms with van der Waals surface area (Å²) in [6.07, 6.45) is -3.65. The molecule has 1 aromatic heterocycles. The molecule has 0 bridgehead atoms. The van der Waals surface area contributed by atoms with Gasteiger partial charge in [-0.1, -0.05) is 23.2 Å². The Morgan fingerprint density at radius 3 is 2.13 bits per heavy atom. The molecule has 0 amide bonds. The van der Waals surface area contributed by atoms with E-state index in [0.717, 1.165) is 11.9 Å². The van der Waals surface area contributed by atoms with Crippen LogP contribution in [0.15, 0.2) is 17.0 Å². The molecule has 6 nitrogen and oxygen atoms in total. The monoisotopic (exact) mass is 506 g/mol. The van der Waals surface area contributed by atoms with Crippen LogP contribution in [0.1, 0.15) is 11.3 Å². The molecule has 15 heteroatoms. The van der Waals surface area contributed by atoms with Crippen LogP contribution in [0.5, 0.6) is 0 Å². The number of alkyl halides is 6. The molecule has 0 saturated heterocycles. The van der Waals surface area contributed by atoms with E-state index in [-0.39, 0.29) is 6.54 Å². The normalized spacial score (nSPS) is 12.7. The molecule has 2 radical (unpaired) electrons. The minimum atomic E-state index is -6.11. The molecule has 168 valence electrons. The molecule has 0 saturated carbocycles. The van der Waals surface area contributed by atoms with Gasteiger partial charge in [0.15, 0.2) is 16.4 Å². The van der Waals surface area contributed by atoms with Gasteiger partial charge in [-0.15, -0.1) is 0 Å². The molecule has 0 aliphatic carbocycles. The summed E-state index contributed by atoms with van der Waals surface area (Å²) in [7, 11) is -4.95. The highest BCUT2D eigenvalue weighted by Gasteiger charge is 2.51. The Morgan fingerprint density at radius 1 is 1.23 bits per heavy atom. The summed E-state index contributed by atoms with van der Waals surface area (Å²) < 4.78 is 104. The molecular weight excluding hydrogens is 497 g/mol. The third-order valence-electron chi connectivity index (χ3n) is 3.82. The summed E-state index contributed by atoms with van der Waals surface area (Å²) in [6, 6.07) is 2.12. The van der Waals surface area contributed by atoms with Crippen LogP contribution in [0.25, 0.3) is 5.69 Å². The molecule has 0 spiro atoms. The fourth-order valence-corrected chi connectivity index (χ4v) is 4.24. The summed E-state index contributed by atoms with van der Waals surface area (Å²) in [5, 5.41) is 11.4. The molecule has 31 heavy (non-hydrogen) atoms. The highest BCUT2D eigenvalue weighted by atomic mass is 35.5. The predicted molar refractivity (Wildman–Crippen MR) is 99.5 cm³/mol. The van der Waals surface area contributed by atoms with Gasteiger partial charge in [0.05, 0.1) is 15.6 Å². The second-order valence-corrected chi connectivity index (χ2v) is 8.62. The van der Waals surface area contributed by atoms with E-state index in [9.17, 15) is 40.0 Å². The van der Waals surface area contributed by atoms with Crippen LogP contribution in [-0.2, 0) is 16.0 Å². The van der Waals surface area contributed by atoms with E-state index in [0.29, 0.717) is 16.8 Å². The number of sulfone groups is 1. The third kappa shape index (κ3) is 4.56. The van der Waals surface area contributed by atoms with Crippen molar-refractivity contribution in [2.45, 2.75) is 16.6 Å². The molecule has 1 aromatic carbocycles. The molecule has 0 aliphatic rings. The van der Waals surface area contributed by atoms with Crippen molar-refractivity contribution in [3.63, 3.8) is 0 Å². The highest BCUT2D eigenvalue weighted by Crippen LogP contribution is 2.43. The van der Waals surface area contributed by atoms with Crippen molar-refractivity contribution >= 4 is 38.9 Å². The zero-order valence-corrected chi connectivity index (χ0v) is 17.5. The maximum absolute atomic E-state index is 13.3. The first-order valence-corrected chi connectivity index (χ1v) is 10.0. The fraction of sp³-hybridized carbons (Fsp3) is 0.250. The van der Waals surface area contributed by atoms with Crippen LogP contribution < -0.4 is 4.90 Å². The van der Waals surface area contributed by atoms with E-state index in [4.69, 9.17) is 23.2 Å². The van der Waals surface area contributed by atoms with E-state index < -0.39 is 59.2 Å². The van der Waals surface area contributed by atoms with Crippen molar-refractivity contribution in [2.24, 2.45) is 0 Å². The van der Waals surface area contributed by atoms with Crippen molar-refractivity contribution in [1.82, 2.24) is 9.78 Å². The number of anilines is 1. The molecule has 2 aromatic rings. The SMILES string of the molecule is [CH2][CH]CN(C)c1c(S(=O)(=O)C(F)(F)F)c(C#N)nn1-c1c(Cl)cc(C(F)(F)F)cc1Cl. The number of nitriles is 1. The molecule has 0 N–H and O–H groups in total. The van der Waals surface area contributed by atoms with Crippen LogP contribution in [0.2, 0.25) is 10.0 Å². The highest BCUT2D eigenvalue weighted by molar-refractivity contribution is 7.92. The Labute approximate surface area is 182 Å². The number of hydrogen-bond acceptors (Lipinski definition) is 5. The third-order valence-corrected chi connectivity index (χ3v) is 5.92. The van der Waals surface area contributed by atoms with Crippen LogP contribution in [0.4, 0.5) is 32.2 Å². The first kappa shape index (κ1) is 25.1. The Kier molecular flexibility index (Phi) is 6.80. The molecule has 1 heterocycles. The zero-order valence-electron chi connectivity index (χ0n) is 15.2. The van der Waals surface area contributed by atoms with E-state index in [1.807, 2.05) is 0 Å². The average Bonchev–Trinajstić information content (AvgIpc) is 2.99. The Hall–Kier alpha value is -2.17. The summed E-state index contributed by atoms with van der Waals surface area (Å²) >= 11 is 11.8. The molecule has 0 fully saturated rings. The smallest absolute Gasteiger partial charge is 0.358 e. The van der Waals surface area contributed by atoms with Gasteiger partial charge in [-0.05, 0) is 25.5 Å². The lowest BCUT2D eigenvalue weighted by Gasteiger charge is -2.22. The van der Waals surface area contributed by atoms with Crippen molar-refractivity contribution in [3.05, 3.63) is 46.8 Å². The Morgan fingerprint density at radius 2 is 1.74 bits per heavy atom. The maximum Gasteiger partial charge on any atom is 0.502 e. The number of rotatable bonds is 5. The Balaban J connectivity index is 2.99. The molecule has 2 rings (SSSR count). The number of aromatic nitrogens is 2. The predicted octanol–water partition coefficient (Wildman–Crippen LogP) is 4.84. The van der Waals surface area contributed by atoms with Gasteiger partial charge in [0.25, 0.3) is 9.84 Å². The Bertz CT molecular complexity index is 1130. The minimum absolute atomic E-state index is 0.229. The van der Waals surface area contributed by atoms with Gasteiger partial charge in [0.1, 0.15) is 11.8 Å². The second kappa shape index (κ2) is 8.40. The quantitative estimate of drug-likeness (QED) is 0.542. The van der Waals surface area contributed by atoms with Gasteiger partial charge in [-0.25, -0.2) is 13.1 Å². The van der Waals surface area contributed by atoms with Gasteiger partial charge >= 0.3 is 11.7 Å². The number of halogens is 8. The summed E-state index contributed by atoms with van der Waals surface area (Å²) in [6.45, 7) is 3.16. The minimum Gasteiger partial charge on any atom is -0.358 e. The second-order valence-electron chi connectivity index (χ2n) is 5.93. The standard InChI is InChI=1S/C16H10Cl2F6N4O2S/c1-3-4-27(2)14-13(31(29,30)16(22,23)24)11(7-25)26-28(14)12-9(17)5-8(6-10(12)18)15(19,20)21/h3,5-6H,1,4H2,2H3. The molecule has 0 unspecified atom stereocenters. The van der Waals surface area contributed by atoms with Crippen LogP contribution >= 0.6 is 23.2 Å². The molecular formula is C16H10Cl2F6N4O2S. The number of nitrogens with zero attached hydrogens (tertiary/aromatic N) is 4. The lowest BCUT2D eigenvalue weighted by Crippen LogP contribution is -2.28. The lowest BCUT2D eigenvalue weighted by atomic mass is 10.2. The first-order chi connectivity index (χ1) is 14.1. The maximum atomic E-state index is 13.3. The van der Waals surface area contributed by atoms with Gasteiger partial charge in [-0.3, -0.25) is 0 Å². The summed E-state index contributed by atoms with van der Waals surface area (Å²) in [5.41, 5.74) is -8.77. The molecule has 0 aliphatic heterocycles. The van der Waals surface area contributed by atoms with Crippen LogP contribution in [0, 0.1) is 24.7 Å². The van der Waals surface area contributed by atoms with Crippen molar-refractivity contribution in [3.8, 4) is 11.8 Å².